The van der Waals surface area contributed by atoms with Gasteiger partial charge in [-0.2, -0.15) is 0 Å². The highest BCUT2D eigenvalue weighted by Gasteiger charge is 2.47. The van der Waals surface area contributed by atoms with Crippen molar-refractivity contribution in [3.05, 3.63) is 11.6 Å². The Morgan fingerprint density at radius 2 is 1.95 bits per heavy atom. The molecule has 0 heterocycles. The van der Waals surface area contributed by atoms with Crippen LogP contribution >= 0.6 is 0 Å². The Balaban J connectivity index is 1.64. The molecule has 0 aromatic heterocycles. The maximum Gasteiger partial charge on any atom is 0.0593 e. The Morgan fingerprint density at radius 3 is 2.47 bits per heavy atom. The van der Waals surface area contributed by atoms with Gasteiger partial charge in [-0.15, -0.1) is 0 Å². The average molecular weight is 265 g/mol. The molecule has 2 heteroatoms. The molecule has 0 aromatic carbocycles. The van der Waals surface area contributed by atoms with E-state index in [1.807, 2.05) is 0 Å². The van der Waals surface area contributed by atoms with Gasteiger partial charge in [0.15, 0.2) is 0 Å². The molecule has 0 spiro atoms. The van der Waals surface area contributed by atoms with E-state index in [-0.39, 0.29) is 0 Å². The van der Waals surface area contributed by atoms with Gasteiger partial charge in [-0.25, -0.2) is 0 Å². The number of fused-ring (bicyclic) bond motifs is 2. The number of allylic oxidation sites excluding steroid dienone is 1. The van der Waals surface area contributed by atoms with Gasteiger partial charge in [-0.1, -0.05) is 39.3 Å². The van der Waals surface area contributed by atoms with Crippen molar-refractivity contribution in [2.24, 2.45) is 17.3 Å². The molecular formula is C17H31NO. The molecule has 0 amide bonds. The monoisotopic (exact) mass is 265 g/mol. The minimum Gasteiger partial charge on any atom is -0.380 e. The van der Waals surface area contributed by atoms with Gasteiger partial charge >= 0.3 is 0 Å². The molecule has 0 aromatic rings. The zero-order valence-corrected chi connectivity index (χ0v) is 13.2. The number of ether oxygens (including phenoxy) is 1. The topological polar surface area (TPSA) is 12.5 Å². The second kappa shape index (κ2) is 6.41. The van der Waals surface area contributed by atoms with Crippen LogP contribution < -0.4 is 0 Å². The highest BCUT2D eigenvalue weighted by Crippen LogP contribution is 2.57. The molecule has 2 nitrogen and oxygen atoms in total. The van der Waals surface area contributed by atoms with E-state index in [1.165, 1.54) is 12.8 Å². The quantitative estimate of drug-likeness (QED) is 0.490. The van der Waals surface area contributed by atoms with Crippen LogP contribution in [-0.4, -0.2) is 37.7 Å². The summed E-state index contributed by atoms with van der Waals surface area (Å²) in [6, 6.07) is 0. The van der Waals surface area contributed by atoms with Crippen molar-refractivity contribution < 1.29 is 4.74 Å². The smallest absolute Gasteiger partial charge is 0.0593 e. The summed E-state index contributed by atoms with van der Waals surface area (Å²) in [6.07, 6.45) is 6.53. The molecule has 0 radical (unpaired) electrons. The predicted molar refractivity (Wildman–Crippen MR) is 81.3 cm³/mol. The molecule has 0 unspecified atom stereocenters. The first-order valence-corrected chi connectivity index (χ1v) is 8.10. The Bertz CT molecular complexity index is 317. The molecule has 0 N–H and O–H groups in total. The largest absolute Gasteiger partial charge is 0.380 e. The fourth-order valence-electron chi connectivity index (χ4n) is 3.97. The van der Waals surface area contributed by atoms with E-state index in [0.29, 0.717) is 5.41 Å². The normalized spacial score (nSPS) is 28.2. The Labute approximate surface area is 119 Å². The minimum atomic E-state index is 0.524. The summed E-state index contributed by atoms with van der Waals surface area (Å²) in [6.45, 7) is 14.4. The molecule has 1 saturated carbocycles. The first kappa shape index (κ1) is 15.1. The molecule has 0 saturated heterocycles. The summed E-state index contributed by atoms with van der Waals surface area (Å²) < 4.78 is 5.82. The number of likely N-dealkylation sites (N-methyl/N-ethyl adjacent to an activating group) is 1. The Morgan fingerprint density at radius 1 is 1.21 bits per heavy atom. The van der Waals surface area contributed by atoms with Gasteiger partial charge in [0.05, 0.1) is 13.2 Å². The van der Waals surface area contributed by atoms with Crippen molar-refractivity contribution >= 4 is 0 Å². The fraction of sp³-hybridized carbons (Fsp3) is 0.882. The minimum absolute atomic E-state index is 0.524. The molecule has 1 fully saturated rings. The lowest BCUT2D eigenvalue weighted by Crippen LogP contribution is -2.27. The van der Waals surface area contributed by atoms with Crippen LogP contribution in [0, 0.1) is 17.3 Å². The van der Waals surface area contributed by atoms with Gasteiger partial charge in [0, 0.05) is 6.54 Å². The van der Waals surface area contributed by atoms with E-state index < -0.39 is 0 Å². The Kier molecular flexibility index (Phi) is 5.08. The summed E-state index contributed by atoms with van der Waals surface area (Å²) in [5.74, 6) is 1.67. The predicted octanol–water partition coefficient (Wildman–Crippen LogP) is 3.73. The molecule has 110 valence electrons. The van der Waals surface area contributed by atoms with Crippen molar-refractivity contribution in [2.45, 2.75) is 47.0 Å². The van der Waals surface area contributed by atoms with Crippen molar-refractivity contribution in [2.75, 3.05) is 32.8 Å². The number of rotatable bonds is 8. The van der Waals surface area contributed by atoms with Crippen LogP contribution in [0.4, 0.5) is 0 Å². The van der Waals surface area contributed by atoms with Crippen molar-refractivity contribution in [3.63, 3.8) is 0 Å². The zero-order valence-electron chi connectivity index (χ0n) is 13.2. The van der Waals surface area contributed by atoms with E-state index in [1.54, 1.807) is 5.57 Å². The summed E-state index contributed by atoms with van der Waals surface area (Å²) >= 11 is 0. The van der Waals surface area contributed by atoms with Crippen LogP contribution in [0.15, 0.2) is 11.6 Å². The molecule has 2 aliphatic carbocycles. The van der Waals surface area contributed by atoms with Crippen molar-refractivity contribution in [1.82, 2.24) is 4.90 Å². The molecule has 0 aliphatic heterocycles. The van der Waals surface area contributed by atoms with Crippen LogP contribution in [0.25, 0.3) is 0 Å². The standard InChI is InChI=1S/C17H31NO/c1-5-18(6-2)10-12-19-11-9-14-13-15-7-8-16(14)17(15,3)4/h13,15-16H,5-12H2,1-4H3/t15-,16+/m1/s1. The number of nitrogens with zero attached hydrogens (tertiary/aromatic N) is 1. The molecule has 2 bridgehead atoms. The third-order valence-electron chi connectivity index (χ3n) is 5.46. The van der Waals surface area contributed by atoms with Gasteiger partial charge < -0.3 is 9.64 Å². The van der Waals surface area contributed by atoms with E-state index in [2.05, 4.69) is 38.7 Å². The maximum atomic E-state index is 5.82. The van der Waals surface area contributed by atoms with Crippen LogP contribution in [0.3, 0.4) is 0 Å². The fourth-order valence-corrected chi connectivity index (χ4v) is 3.97. The highest BCUT2D eigenvalue weighted by molar-refractivity contribution is 5.25. The third-order valence-corrected chi connectivity index (χ3v) is 5.46. The summed E-state index contributed by atoms with van der Waals surface area (Å²) in [4.78, 5) is 2.42. The summed E-state index contributed by atoms with van der Waals surface area (Å²) in [5, 5.41) is 0. The second-order valence-electron chi connectivity index (χ2n) is 6.69. The molecule has 2 rings (SSSR count). The maximum absolute atomic E-state index is 5.82. The van der Waals surface area contributed by atoms with Crippen LogP contribution in [-0.2, 0) is 4.74 Å². The van der Waals surface area contributed by atoms with Crippen LogP contribution in [0.1, 0.15) is 47.0 Å². The van der Waals surface area contributed by atoms with E-state index in [4.69, 9.17) is 4.74 Å². The zero-order chi connectivity index (χ0) is 13.9. The lowest BCUT2D eigenvalue weighted by Gasteiger charge is -2.26. The van der Waals surface area contributed by atoms with Gasteiger partial charge in [-0.05, 0) is 49.6 Å². The average Bonchev–Trinajstić information content (AvgIpc) is 2.82. The molecule has 2 aliphatic rings. The first-order chi connectivity index (χ1) is 9.09. The van der Waals surface area contributed by atoms with Gasteiger partial charge in [-0.3, -0.25) is 0 Å². The second-order valence-corrected chi connectivity index (χ2v) is 6.69. The lowest BCUT2D eigenvalue weighted by atomic mass is 9.79. The molecule has 19 heavy (non-hydrogen) atoms. The summed E-state index contributed by atoms with van der Waals surface area (Å²) in [5.41, 5.74) is 2.21. The van der Waals surface area contributed by atoms with Crippen molar-refractivity contribution in [1.29, 1.82) is 0 Å². The van der Waals surface area contributed by atoms with Gasteiger partial charge in [0.2, 0.25) is 0 Å². The number of hydrogen-bond acceptors (Lipinski definition) is 2. The third kappa shape index (κ3) is 3.22. The van der Waals surface area contributed by atoms with Gasteiger partial charge in [0.1, 0.15) is 0 Å². The van der Waals surface area contributed by atoms with Gasteiger partial charge in [0.25, 0.3) is 0 Å². The van der Waals surface area contributed by atoms with Crippen molar-refractivity contribution in [3.8, 4) is 0 Å². The Hall–Kier alpha value is -0.340. The summed E-state index contributed by atoms with van der Waals surface area (Å²) in [7, 11) is 0. The van der Waals surface area contributed by atoms with Crippen LogP contribution in [0.5, 0.6) is 0 Å². The van der Waals surface area contributed by atoms with E-state index in [9.17, 15) is 0 Å². The number of hydrogen-bond donors (Lipinski definition) is 0. The SMILES string of the molecule is CCN(CC)CCOCCC1=C[C@H]2CC[C@@H]1C2(C)C. The first-order valence-electron chi connectivity index (χ1n) is 8.10. The van der Waals surface area contributed by atoms with E-state index >= 15 is 0 Å². The van der Waals surface area contributed by atoms with Crippen LogP contribution in [0.2, 0.25) is 0 Å². The highest BCUT2D eigenvalue weighted by atomic mass is 16.5. The van der Waals surface area contributed by atoms with E-state index in [0.717, 1.165) is 51.1 Å². The lowest BCUT2D eigenvalue weighted by molar-refractivity contribution is 0.107. The molecular weight excluding hydrogens is 234 g/mol. The molecule has 2 atom stereocenters.